The molecule has 4 fully saturated rings. The number of amides is 2. The monoisotopic (exact) mass is 454 g/mol. The summed E-state index contributed by atoms with van der Waals surface area (Å²) < 4.78 is 18.9. The average Bonchev–Trinajstić information content (AvgIpc) is 3.10. The van der Waals surface area contributed by atoms with Crippen molar-refractivity contribution in [1.82, 2.24) is 10.6 Å². The number of fused-ring (bicyclic) bond motifs is 2. The number of rotatable bonds is 7. The summed E-state index contributed by atoms with van der Waals surface area (Å²) in [6.07, 6.45) is 3.87. The van der Waals surface area contributed by atoms with Crippen LogP contribution in [0.25, 0.3) is 0 Å². The highest BCUT2D eigenvalue weighted by Gasteiger charge is 2.49. The van der Waals surface area contributed by atoms with Gasteiger partial charge in [-0.05, 0) is 61.3 Å². The van der Waals surface area contributed by atoms with Crippen LogP contribution in [0.4, 0.5) is 4.39 Å². The van der Waals surface area contributed by atoms with Crippen LogP contribution in [0.5, 0.6) is 5.75 Å². The van der Waals surface area contributed by atoms with Gasteiger partial charge < -0.3 is 15.4 Å². The molecule has 1 saturated heterocycles. The number of carbonyl (C=O) groups is 2. The van der Waals surface area contributed by atoms with Crippen LogP contribution in [-0.4, -0.2) is 42.0 Å². The Morgan fingerprint density at radius 1 is 1.27 bits per heavy atom. The van der Waals surface area contributed by atoms with Crippen molar-refractivity contribution >= 4 is 35.2 Å². The van der Waals surface area contributed by atoms with Gasteiger partial charge in [0.2, 0.25) is 5.91 Å². The second kappa shape index (κ2) is 9.35. The Balaban J connectivity index is 1.24. The van der Waals surface area contributed by atoms with Crippen molar-refractivity contribution in [2.24, 2.45) is 23.7 Å². The third-order valence-electron chi connectivity index (χ3n) is 6.82. The molecule has 8 heteroatoms. The molecule has 2 N–H and O–H groups in total. The van der Waals surface area contributed by atoms with E-state index in [1.165, 1.54) is 24.3 Å². The third kappa shape index (κ3) is 4.88. The Kier molecular flexibility index (Phi) is 6.78. The first-order valence-electron chi connectivity index (χ1n) is 10.7. The molecule has 5 rings (SSSR count). The molecule has 2 unspecified atom stereocenters. The summed E-state index contributed by atoms with van der Waals surface area (Å²) in [7, 11) is 0. The average molecular weight is 455 g/mol. The summed E-state index contributed by atoms with van der Waals surface area (Å²) in [6, 6.07) is 4.08. The lowest BCUT2D eigenvalue weighted by Crippen LogP contribution is -2.57. The molecule has 1 aromatic carbocycles. The van der Waals surface area contributed by atoms with E-state index in [9.17, 15) is 14.0 Å². The number of halogens is 2. The standard InChI is InChI=1S/C22H28ClFN2O3S/c1-12-4-5-30-20(12)10-25-22(28)16-9-19(14-6-13(16)7-14)26-21(27)11-29-15-2-3-17(23)18(24)8-15/h2-3,8,12-14,16,19-20H,4-7,9-11H2,1H3,(H,25,28)(H,26,27)/t12?,13?,14?,16-,19+,20?/m1/s1. The van der Waals surface area contributed by atoms with E-state index in [4.69, 9.17) is 16.3 Å². The van der Waals surface area contributed by atoms with E-state index >= 15 is 0 Å². The Hall–Kier alpha value is -1.47. The number of benzene rings is 1. The highest BCUT2D eigenvalue weighted by Crippen LogP contribution is 2.49. The zero-order valence-electron chi connectivity index (χ0n) is 17.0. The van der Waals surface area contributed by atoms with Gasteiger partial charge >= 0.3 is 0 Å². The summed E-state index contributed by atoms with van der Waals surface area (Å²) >= 11 is 7.60. The zero-order chi connectivity index (χ0) is 21.3. The number of carbonyl (C=O) groups excluding carboxylic acids is 2. The van der Waals surface area contributed by atoms with E-state index in [-0.39, 0.29) is 41.2 Å². The second-order valence-electron chi connectivity index (χ2n) is 8.79. The fourth-order valence-corrected chi connectivity index (χ4v) is 6.43. The van der Waals surface area contributed by atoms with Crippen molar-refractivity contribution < 1.29 is 18.7 Å². The van der Waals surface area contributed by atoms with Crippen LogP contribution in [-0.2, 0) is 9.59 Å². The molecule has 1 aliphatic heterocycles. The van der Waals surface area contributed by atoms with Crippen molar-refractivity contribution in [1.29, 1.82) is 0 Å². The maximum atomic E-state index is 13.5. The minimum absolute atomic E-state index is 0.0106. The highest BCUT2D eigenvalue weighted by atomic mass is 35.5. The highest BCUT2D eigenvalue weighted by molar-refractivity contribution is 8.00. The van der Waals surface area contributed by atoms with Crippen LogP contribution in [0.15, 0.2) is 18.2 Å². The summed E-state index contributed by atoms with van der Waals surface area (Å²) in [6.45, 7) is 2.79. The lowest BCUT2D eigenvalue weighted by Gasteiger charge is -2.50. The number of hydrogen-bond donors (Lipinski definition) is 2. The van der Waals surface area contributed by atoms with Crippen LogP contribution >= 0.6 is 23.4 Å². The van der Waals surface area contributed by atoms with Crippen molar-refractivity contribution in [3.8, 4) is 5.75 Å². The number of nitrogens with one attached hydrogen (secondary N) is 2. The fraction of sp³-hybridized carbons (Fsp3) is 0.636. The van der Waals surface area contributed by atoms with Gasteiger partial charge in [0.15, 0.2) is 6.61 Å². The van der Waals surface area contributed by atoms with Crippen molar-refractivity contribution in [3.63, 3.8) is 0 Å². The third-order valence-corrected chi connectivity index (χ3v) is 8.66. The molecule has 1 heterocycles. The molecule has 164 valence electrons. The molecule has 2 amide bonds. The lowest BCUT2D eigenvalue weighted by molar-refractivity contribution is -0.136. The normalized spacial score (nSPS) is 32.2. The molecular weight excluding hydrogens is 427 g/mol. The summed E-state index contributed by atoms with van der Waals surface area (Å²) in [5.41, 5.74) is 0. The van der Waals surface area contributed by atoms with Gasteiger partial charge in [-0.2, -0.15) is 11.8 Å². The van der Waals surface area contributed by atoms with Crippen molar-refractivity contribution in [3.05, 3.63) is 29.0 Å². The van der Waals surface area contributed by atoms with Crippen LogP contribution < -0.4 is 15.4 Å². The van der Waals surface area contributed by atoms with Crippen LogP contribution in [0, 0.1) is 29.5 Å². The largest absolute Gasteiger partial charge is 0.484 e. The maximum Gasteiger partial charge on any atom is 0.258 e. The van der Waals surface area contributed by atoms with Crippen molar-refractivity contribution in [2.75, 3.05) is 18.9 Å². The molecule has 0 aromatic heterocycles. The van der Waals surface area contributed by atoms with Crippen molar-refractivity contribution in [2.45, 2.75) is 43.9 Å². The van der Waals surface area contributed by atoms with Gasteiger partial charge in [-0.3, -0.25) is 9.59 Å². The van der Waals surface area contributed by atoms with Gasteiger partial charge in [-0.1, -0.05) is 18.5 Å². The van der Waals surface area contributed by atoms with Gasteiger partial charge in [0, 0.05) is 29.8 Å². The minimum atomic E-state index is -0.582. The maximum absolute atomic E-state index is 13.5. The molecule has 4 aliphatic rings. The van der Waals surface area contributed by atoms with E-state index in [1.807, 2.05) is 11.8 Å². The molecule has 3 aliphatic carbocycles. The predicted molar refractivity (Wildman–Crippen MR) is 116 cm³/mol. The second-order valence-corrected chi connectivity index (χ2v) is 10.5. The van der Waals surface area contributed by atoms with Crippen LogP contribution in [0.3, 0.4) is 0 Å². The van der Waals surface area contributed by atoms with E-state index in [1.54, 1.807) is 0 Å². The molecular formula is C22H28ClFN2O3S. The van der Waals surface area contributed by atoms with Crippen LogP contribution in [0.2, 0.25) is 5.02 Å². The minimum Gasteiger partial charge on any atom is -0.484 e. The summed E-state index contributed by atoms with van der Waals surface area (Å²) in [4.78, 5) is 25.1. The number of hydrogen-bond acceptors (Lipinski definition) is 4. The van der Waals surface area contributed by atoms with E-state index < -0.39 is 5.82 Å². The van der Waals surface area contributed by atoms with Gasteiger partial charge in [0.25, 0.3) is 5.91 Å². The van der Waals surface area contributed by atoms with Gasteiger partial charge in [-0.25, -0.2) is 4.39 Å². The smallest absolute Gasteiger partial charge is 0.258 e. The topological polar surface area (TPSA) is 67.4 Å². The molecule has 30 heavy (non-hydrogen) atoms. The molecule has 3 saturated carbocycles. The van der Waals surface area contributed by atoms with Gasteiger partial charge in [0.1, 0.15) is 11.6 Å². The predicted octanol–water partition coefficient (Wildman–Crippen LogP) is 3.65. The number of ether oxygens (including phenoxy) is 1. The molecule has 1 aromatic rings. The first-order valence-corrected chi connectivity index (χ1v) is 12.1. The van der Waals surface area contributed by atoms with Gasteiger partial charge in [0.05, 0.1) is 5.02 Å². The van der Waals surface area contributed by atoms with Crippen LogP contribution in [0.1, 0.15) is 32.6 Å². The Bertz CT molecular complexity index is 805. The van der Waals surface area contributed by atoms with Gasteiger partial charge in [-0.15, -0.1) is 0 Å². The molecule has 0 spiro atoms. The van der Waals surface area contributed by atoms with E-state index in [2.05, 4.69) is 17.6 Å². The first-order chi connectivity index (χ1) is 14.4. The Morgan fingerprint density at radius 3 is 2.77 bits per heavy atom. The molecule has 0 radical (unpaired) electrons. The Morgan fingerprint density at radius 2 is 2.07 bits per heavy atom. The number of thioether (sulfide) groups is 1. The molecule has 4 atom stereocenters. The summed E-state index contributed by atoms with van der Waals surface area (Å²) in [5, 5.41) is 6.71. The zero-order valence-corrected chi connectivity index (χ0v) is 18.6. The molecule has 2 bridgehead atoms. The first kappa shape index (κ1) is 21.8. The quantitative estimate of drug-likeness (QED) is 0.660. The SMILES string of the molecule is CC1CCSC1CNC(=O)[C@@H]1C[C@H](NC(=O)COc2ccc(Cl)c(F)c2)C2CC1C2. The lowest BCUT2D eigenvalue weighted by atomic mass is 9.57. The van der Waals surface area contributed by atoms with E-state index in [0.717, 1.165) is 25.5 Å². The molecule has 5 nitrogen and oxygen atoms in total. The van der Waals surface area contributed by atoms with E-state index in [0.29, 0.717) is 29.4 Å². The summed E-state index contributed by atoms with van der Waals surface area (Å²) in [5.74, 6) is 2.21. The Labute approximate surface area is 185 Å². The fourth-order valence-electron chi connectivity index (χ4n) is 4.83.